The van der Waals surface area contributed by atoms with Crippen molar-refractivity contribution in [1.29, 1.82) is 0 Å². The third kappa shape index (κ3) is 3.64. The number of aromatic nitrogens is 4. The van der Waals surface area contributed by atoms with Gasteiger partial charge in [0, 0.05) is 6.42 Å². The number of H-pyrrole nitrogens is 1. The summed E-state index contributed by atoms with van der Waals surface area (Å²) in [7, 11) is 0. The molecule has 0 spiro atoms. The highest BCUT2D eigenvalue weighted by Gasteiger charge is 2.02. The number of unbranched alkanes of at least 4 members (excludes halogenated alkanes) is 1. The van der Waals surface area contributed by atoms with Gasteiger partial charge in [-0.3, -0.25) is 4.79 Å². The van der Waals surface area contributed by atoms with Crippen molar-refractivity contribution in [2.45, 2.75) is 32.7 Å². The summed E-state index contributed by atoms with van der Waals surface area (Å²) in [5, 5.41) is 15.8. The molecule has 0 atom stereocenters. The van der Waals surface area contributed by atoms with Gasteiger partial charge < -0.3 is 5.32 Å². The van der Waals surface area contributed by atoms with Crippen molar-refractivity contribution in [3.8, 4) is 0 Å². The Morgan fingerprint density at radius 2 is 2.46 bits per heavy atom. The SMILES string of the molecule is CCCCC(=O)NCc1nn[nH]n1. The number of aromatic amines is 1. The van der Waals surface area contributed by atoms with Crippen molar-refractivity contribution in [1.82, 2.24) is 25.9 Å². The highest BCUT2D eigenvalue weighted by Crippen LogP contribution is 1.93. The zero-order chi connectivity index (χ0) is 9.52. The van der Waals surface area contributed by atoms with Crippen molar-refractivity contribution >= 4 is 5.91 Å². The Balaban J connectivity index is 2.15. The molecule has 0 saturated heterocycles. The zero-order valence-electron chi connectivity index (χ0n) is 7.58. The van der Waals surface area contributed by atoms with E-state index in [-0.39, 0.29) is 5.91 Å². The summed E-state index contributed by atoms with van der Waals surface area (Å²) in [4.78, 5) is 11.1. The second kappa shape index (κ2) is 5.23. The lowest BCUT2D eigenvalue weighted by Crippen LogP contribution is -2.22. The predicted molar refractivity (Wildman–Crippen MR) is 45.5 cm³/mol. The second-order valence-corrected chi connectivity index (χ2v) is 2.71. The third-order valence-electron chi connectivity index (χ3n) is 1.59. The first-order valence-electron chi connectivity index (χ1n) is 4.32. The number of carbonyl (C=O) groups is 1. The molecule has 6 nitrogen and oxygen atoms in total. The van der Waals surface area contributed by atoms with Gasteiger partial charge in [-0.1, -0.05) is 18.6 Å². The van der Waals surface area contributed by atoms with Gasteiger partial charge in [0.05, 0.1) is 6.54 Å². The van der Waals surface area contributed by atoms with Crippen molar-refractivity contribution in [3.63, 3.8) is 0 Å². The molecule has 0 saturated carbocycles. The number of amides is 1. The van der Waals surface area contributed by atoms with Gasteiger partial charge in [0.1, 0.15) is 0 Å². The largest absolute Gasteiger partial charge is 0.349 e. The molecule has 0 unspecified atom stereocenters. The van der Waals surface area contributed by atoms with Crippen LogP contribution in [0.15, 0.2) is 0 Å². The minimum absolute atomic E-state index is 0.0339. The number of nitrogens with one attached hydrogen (secondary N) is 2. The predicted octanol–water partition coefficient (Wildman–Crippen LogP) is 0.00610. The van der Waals surface area contributed by atoms with Gasteiger partial charge in [-0.05, 0) is 6.42 Å². The van der Waals surface area contributed by atoms with Crippen LogP contribution in [-0.2, 0) is 11.3 Å². The molecule has 1 amide bonds. The first-order chi connectivity index (χ1) is 6.33. The minimum Gasteiger partial charge on any atom is -0.349 e. The van der Waals surface area contributed by atoms with Gasteiger partial charge in [-0.25, -0.2) is 0 Å². The van der Waals surface area contributed by atoms with Gasteiger partial charge in [0.15, 0.2) is 5.82 Å². The van der Waals surface area contributed by atoms with Gasteiger partial charge in [0.25, 0.3) is 0 Å². The van der Waals surface area contributed by atoms with E-state index in [0.717, 1.165) is 12.8 Å². The summed E-state index contributed by atoms with van der Waals surface area (Å²) < 4.78 is 0. The number of hydrogen-bond acceptors (Lipinski definition) is 4. The van der Waals surface area contributed by atoms with Crippen LogP contribution in [0.25, 0.3) is 0 Å². The Morgan fingerprint density at radius 3 is 3.08 bits per heavy atom. The van der Waals surface area contributed by atoms with Gasteiger partial charge in [-0.2, -0.15) is 5.21 Å². The molecule has 0 aliphatic rings. The Hall–Kier alpha value is -1.46. The van der Waals surface area contributed by atoms with E-state index >= 15 is 0 Å². The van der Waals surface area contributed by atoms with E-state index < -0.39 is 0 Å². The lowest BCUT2D eigenvalue weighted by atomic mass is 10.2. The molecular formula is C7H13N5O. The van der Waals surface area contributed by atoms with Gasteiger partial charge >= 0.3 is 0 Å². The average Bonchev–Trinajstić information content (AvgIpc) is 2.64. The standard InChI is InChI=1S/C7H13N5O/c1-2-3-4-7(13)8-5-6-9-11-12-10-6/h2-5H2,1H3,(H,8,13)(H,9,10,11,12). The maximum Gasteiger partial charge on any atom is 0.220 e. The number of tetrazole rings is 1. The first kappa shape index (κ1) is 9.63. The fraction of sp³-hybridized carbons (Fsp3) is 0.714. The fourth-order valence-electron chi connectivity index (χ4n) is 0.861. The number of rotatable bonds is 5. The summed E-state index contributed by atoms with van der Waals surface area (Å²) >= 11 is 0. The number of carbonyl (C=O) groups excluding carboxylic acids is 1. The van der Waals surface area contributed by atoms with E-state index in [4.69, 9.17) is 0 Å². The van der Waals surface area contributed by atoms with E-state index in [1.807, 2.05) is 6.92 Å². The van der Waals surface area contributed by atoms with E-state index in [0.29, 0.717) is 18.8 Å². The van der Waals surface area contributed by atoms with Gasteiger partial charge in [0.2, 0.25) is 5.91 Å². The molecule has 0 fully saturated rings. The van der Waals surface area contributed by atoms with E-state index in [2.05, 4.69) is 25.9 Å². The van der Waals surface area contributed by atoms with E-state index in [1.54, 1.807) is 0 Å². The highest BCUT2D eigenvalue weighted by atomic mass is 16.1. The summed E-state index contributed by atoms with van der Waals surface area (Å²) in [6.07, 6.45) is 2.50. The smallest absolute Gasteiger partial charge is 0.220 e. The molecule has 0 aliphatic heterocycles. The molecule has 1 aromatic heterocycles. The lowest BCUT2D eigenvalue weighted by Gasteiger charge is -1.99. The van der Waals surface area contributed by atoms with E-state index in [1.165, 1.54) is 0 Å². The first-order valence-corrected chi connectivity index (χ1v) is 4.32. The van der Waals surface area contributed by atoms with Crippen LogP contribution >= 0.6 is 0 Å². The Bertz CT molecular complexity index is 245. The number of nitrogens with zero attached hydrogens (tertiary/aromatic N) is 3. The molecule has 6 heteroatoms. The molecule has 2 N–H and O–H groups in total. The molecule has 0 radical (unpaired) electrons. The van der Waals surface area contributed by atoms with Crippen LogP contribution in [0.5, 0.6) is 0 Å². The third-order valence-corrected chi connectivity index (χ3v) is 1.59. The summed E-state index contributed by atoms with van der Waals surface area (Å²) in [6, 6.07) is 0. The molecule has 13 heavy (non-hydrogen) atoms. The molecule has 72 valence electrons. The zero-order valence-corrected chi connectivity index (χ0v) is 7.58. The minimum atomic E-state index is 0.0339. The van der Waals surface area contributed by atoms with Crippen molar-refractivity contribution in [2.24, 2.45) is 0 Å². The van der Waals surface area contributed by atoms with Crippen molar-refractivity contribution < 1.29 is 4.79 Å². The Kier molecular flexibility index (Phi) is 3.87. The van der Waals surface area contributed by atoms with Crippen molar-refractivity contribution in [2.75, 3.05) is 0 Å². The normalized spacial score (nSPS) is 9.92. The van der Waals surface area contributed by atoms with Crippen LogP contribution in [0.2, 0.25) is 0 Å². The summed E-state index contributed by atoms with van der Waals surface area (Å²) in [5.74, 6) is 0.538. The van der Waals surface area contributed by atoms with Crippen LogP contribution in [0, 0.1) is 0 Å². The topological polar surface area (TPSA) is 83.6 Å². The molecule has 0 bridgehead atoms. The molecule has 1 rings (SSSR count). The van der Waals surface area contributed by atoms with E-state index in [9.17, 15) is 4.79 Å². The van der Waals surface area contributed by atoms with Crippen LogP contribution in [0.4, 0.5) is 0 Å². The molecule has 1 heterocycles. The fourth-order valence-corrected chi connectivity index (χ4v) is 0.861. The molecule has 0 aromatic carbocycles. The van der Waals surface area contributed by atoms with Crippen LogP contribution in [-0.4, -0.2) is 26.5 Å². The summed E-state index contributed by atoms with van der Waals surface area (Å²) in [5.41, 5.74) is 0. The van der Waals surface area contributed by atoms with Crippen LogP contribution in [0.1, 0.15) is 32.0 Å². The lowest BCUT2D eigenvalue weighted by molar-refractivity contribution is -0.121. The van der Waals surface area contributed by atoms with Crippen LogP contribution in [0.3, 0.4) is 0 Å². The Labute approximate surface area is 76.1 Å². The van der Waals surface area contributed by atoms with Crippen molar-refractivity contribution in [3.05, 3.63) is 5.82 Å². The molecule has 1 aromatic rings. The highest BCUT2D eigenvalue weighted by molar-refractivity contribution is 5.75. The monoisotopic (exact) mass is 183 g/mol. The van der Waals surface area contributed by atoms with Crippen LogP contribution < -0.4 is 5.32 Å². The summed E-state index contributed by atoms with van der Waals surface area (Å²) in [6.45, 7) is 2.39. The quantitative estimate of drug-likeness (QED) is 0.673. The van der Waals surface area contributed by atoms with Gasteiger partial charge in [-0.15, -0.1) is 10.2 Å². The molecular weight excluding hydrogens is 170 g/mol. The second-order valence-electron chi connectivity index (χ2n) is 2.71. The average molecular weight is 183 g/mol. The maximum absolute atomic E-state index is 11.1. The Morgan fingerprint density at radius 1 is 1.62 bits per heavy atom. The molecule has 0 aliphatic carbocycles. The number of hydrogen-bond donors (Lipinski definition) is 2. The maximum atomic E-state index is 11.1.